The highest BCUT2D eigenvalue weighted by molar-refractivity contribution is 14.0. The zero-order chi connectivity index (χ0) is 16.5. The summed E-state index contributed by atoms with van der Waals surface area (Å²) in [5, 5.41) is 6.33. The first kappa shape index (κ1) is 20.1. The lowest BCUT2D eigenvalue weighted by Gasteiger charge is -2.13. The van der Waals surface area contributed by atoms with Crippen molar-refractivity contribution in [3.05, 3.63) is 59.7 Å². The molecule has 0 fully saturated rings. The van der Waals surface area contributed by atoms with Crippen LogP contribution in [0.5, 0.6) is 5.75 Å². The average molecular weight is 444 g/mol. The second-order valence-electron chi connectivity index (χ2n) is 4.97. The third-order valence-electron chi connectivity index (χ3n) is 3.20. The van der Waals surface area contributed by atoms with Gasteiger partial charge in [0.2, 0.25) is 0 Å². The number of rotatable bonds is 6. The van der Waals surface area contributed by atoms with Gasteiger partial charge in [-0.25, -0.2) is 4.39 Å². The minimum atomic E-state index is -0.191. The molecule has 0 saturated heterocycles. The number of aromatic nitrogens is 1. The molecule has 0 amide bonds. The molecular weight excluding hydrogens is 422 g/mol. The third-order valence-corrected chi connectivity index (χ3v) is 3.20. The Hall–Kier alpha value is -1.90. The van der Waals surface area contributed by atoms with Gasteiger partial charge in [0.25, 0.3) is 0 Å². The third kappa shape index (κ3) is 6.69. The molecule has 0 radical (unpaired) electrons. The predicted molar refractivity (Wildman–Crippen MR) is 104 cm³/mol. The number of hydrogen-bond donors (Lipinski definition) is 2. The largest absolute Gasteiger partial charge is 0.490 e. The standard InChI is InChI=1S/C17H21FN4O.HI/c1-13-10-14(5-6-16(13)18)11-22-17(19-2)21-8-9-23-15-4-3-7-20-12-15;/h3-7,10,12H,8-9,11H2,1-2H3,(H2,19,21,22);1H. The summed E-state index contributed by atoms with van der Waals surface area (Å²) in [5.41, 5.74) is 1.63. The first-order chi connectivity index (χ1) is 11.2. The Balaban J connectivity index is 0.00000288. The molecule has 0 saturated carbocycles. The van der Waals surface area contributed by atoms with E-state index in [-0.39, 0.29) is 29.8 Å². The van der Waals surface area contributed by atoms with Crippen molar-refractivity contribution < 1.29 is 9.13 Å². The van der Waals surface area contributed by atoms with Crippen LogP contribution in [-0.2, 0) is 6.54 Å². The summed E-state index contributed by atoms with van der Waals surface area (Å²) >= 11 is 0. The quantitative estimate of drug-likeness (QED) is 0.312. The molecule has 0 aliphatic heterocycles. The van der Waals surface area contributed by atoms with Crippen LogP contribution in [0.1, 0.15) is 11.1 Å². The first-order valence-corrected chi connectivity index (χ1v) is 7.41. The fourth-order valence-corrected chi connectivity index (χ4v) is 1.99. The fraction of sp³-hybridized carbons (Fsp3) is 0.294. The highest BCUT2D eigenvalue weighted by Crippen LogP contribution is 2.08. The molecule has 0 bridgehead atoms. The van der Waals surface area contributed by atoms with E-state index in [1.54, 1.807) is 32.4 Å². The first-order valence-electron chi connectivity index (χ1n) is 7.41. The van der Waals surface area contributed by atoms with Crippen LogP contribution in [0.25, 0.3) is 0 Å². The zero-order valence-corrected chi connectivity index (χ0v) is 16.1. The summed E-state index contributed by atoms with van der Waals surface area (Å²) < 4.78 is 18.8. The summed E-state index contributed by atoms with van der Waals surface area (Å²) in [7, 11) is 1.70. The van der Waals surface area contributed by atoms with E-state index in [9.17, 15) is 4.39 Å². The maximum atomic E-state index is 13.2. The zero-order valence-electron chi connectivity index (χ0n) is 13.8. The summed E-state index contributed by atoms with van der Waals surface area (Å²) in [6.45, 7) is 3.44. The smallest absolute Gasteiger partial charge is 0.191 e. The number of nitrogens with one attached hydrogen (secondary N) is 2. The number of benzene rings is 1. The van der Waals surface area contributed by atoms with Gasteiger partial charge in [-0.1, -0.05) is 12.1 Å². The van der Waals surface area contributed by atoms with Gasteiger partial charge in [-0.05, 0) is 36.2 Å². The van der Waals surface area contributed by atoms with Crippen molar-refractivity contribution in [2.45, 2.75) is 13.5 Å². The molecule has 0 spiro atoms. The van der Waals surface area contributed by atoms with Crippen molar-refractivity contribution >= 4 is 29.9 Å². The van der Waals surface area contributed by atoms with Gasteiger partial charge in [0.15, 0.2) is 5.96 Å². The Kier molecular flexibility index (Phi) is 9.06. The van der Waals surface area contributed by atoms with E-state index >= 15 is 0 Å². The predicted octanol–water partition coefficient (Wildman–Crippen LogP) is 2.89. The molecule has 2 N–H and O–H groups in total. The van der Waals surface area contributed by atoms with E-state index in [1.807, 2.05) is 18.2 Å². The van der Waals surface area contributed by atoms with Crippen molar-refractivity contribution in [2.75, 3.05) is 20.2 Å². The fourth-order valence-electron chi connectivity index (χ4n) is 1.99. The van der Waals surface area contributed by atoms with Crippen LogP contribution in [0.15, 0.2) is 47.7 Å². The summed E-state index contributed by atoms with van der Waals surface area (Å²) in [4.78, 5) is 8.12. The summed E-state index contributed by atoms with van der Waals surface area (Å²) in [5.74, 6) is 1.21. The number of guanidine groups is 1. The van der Waals surface area contributed by atoms with Crippen LogP contribution in [0.4, 0.5) is 4.39 Å². The topological polar surface area (TPSA) is 58.5 Å². The molecule has 0 aliphatic rings. The van der Waals surface area contributed by atoms with Crippen molar-refractivity contribution in [1.82, 2.24) is 15.6 Å². The van der Waals surface area contributed by atoms with Gasteiger partial charge in [-0.2, -0.15) is 0 Å². The van der Waals surface area contributed by atoms with Gasteiger partial charge in [0.05, 0.1) is 12.7 Å². The van der Waals surface area contributed by atoms with Gasteiger partial charge < -0.3 is 15.4 Å². The van der Waals surface area contributed by atoms with Gasteiger partial charge in [0.1, 0.15) is 18.2 Å². The highest BCUT2D eigenvalue weighted by atomic mass is 127. The van der Waals surface area contributed by atoms with Crippen LogP contribution in [-0.4, -0.2) is 31.1 Å². The van der Waals surface area contributed by atoms with E-state index in [0.717, 1.165) is 11.3 Å². The minimum Gasteiger partial charge on any atom is -0.490 e. The minimum absolute atomic E-state index is 0. The number of aliphatic imine (C=N–C) groups is 1. The normalized spacial score (nSPS) is 10.7. The van der Waals surface area contributed by atoms with Crippen LogP contribution in [0, 0.1) is 12.7 Å². The molecule has 0 aliphatic carbocycles. The number of nitrogens with zero attached hydrogens (tertiary/aromatic N) is 2. The lowest BCUT2D eigenvalue weighted by Crippen LogP contribution is -2.38. The molecule has 0 atom stereocenters. The second-order valence-corrected chi connectivity index (χ2v) is 4.97. The molecule has 1 heterocycles. The molecule has 130 valence electrons. The van der Waals surface area contributed by atoms with Crippen LogP contribution >= 0.6 is 24.0 Å². The number of pyridine rings is 1. The molecule has 2 aromatic rings. The molecule has 1 aromatic heterocycles. The van der Waals surface area contributed by atoms with Crippen LogP contribution < -0.4 is 15.4 Å². The summed E-state index contributed by atoms with van der Waals surface area (Å²) in [6.07, 6.45) is 3.37. The molecule has 0 unspecified atom stereocenters. The Morgan fingerprint density at radius 1 is 1.29 bits per heavy atom. The van der Waals surface area contributed by atoms with E-state index in [1.165, 1.54) is 6.07 Å². The van der Waals surface area contributed by atoms with Gasteiger partial charge in [-0.15, -0.1) is 24.0 Å². The van der Waals surface area contributed by atoms with Crippen molar-refractivity contribution in [3.63, 3.8) is 0 Å². The summed E-state index contributed by atoms with van der Waals surface area (Å²) in [6, 6.07) is 8.74. The lowest BCUT2D eigenvalue weighted by atomic mass is 10.1. The number of aryl methyl sites for hydroxylation is 1. The maximum Gasteiger partial charge on any atom is 0.191 e. The van der Waals surface area contributed by atoms with Crippen molar-refractivity contribution in [3.8, 4) is 5.75 Å². The van der Waals surface area contributed by atoms with Gasteiger partial charge >= 0.3 is 0 Å². The number of hydrogen-bond acceptors (Lipinski definition) is 3. The van der Waals surface area contributed by atoms with Crippen LogP contribution in [0.3, 0.4) is 0 Å². The average Bonchev–Trinajstić information content (AvgIpc) is 2.58. The van der Waals surface area contributed by atoms with Crippen LogP contribution in [0.2, 0.25) is 0 Å². The van der Waals surface area contributed by atoms with Gasteiger partial charge in [0, 0.05) is 19.8 Å². The molecular formula is C17H22FIN4O. The highest BCUT2D eigenvalue weighted by Gasteiger charge is 2.01. The van der Waals surface area contributed by atoms with E-state index in [4.69, 9.17) is 4.74 Å². The Morgan fingerprint density at radius 2 is 2.12 bits per heavy atom. The van der Waals surface area contributed by atoms with Crippen molar-refractivity contribution in [2.24, 2.45) is 4.99 Å². The lowest BCUT2D eigenvalue weighted by molar-refractivity contribution is 0.320. The Labute approximate surface area is 158 Å². The number of ether oxygens (including phenoxy) is 1. The molecule has 2 rings (SSSR count). The Morgan fingerprint density at radius 3 is 2.79 bits per heavy atom. The number of halogens is 2. The van der Waals surface area contributed by atoms with E-state index < -0.39 is 0 Å². The monoisotopic (exact) mass is 444 g/mol. The van der Waals surface area contributed by atoms with E-state index in [0.29, 0.717) is 31.2 Å². The molecule has 24 heavy (non-hydrogen) atoms. The molecule has 5 nitrogen and oxygen atoms in total. The second kappa shape index (κ2) is 10.8. The SMILES string of the molecule is CN=C(NCCOc1cccnc1)NCc1ccc(F)c(C)c1.I. The molecule has 1 aromatic carbocycles. The van der Waals surface area contributed by atoms with Crippen molar-refractivity contribution in [1.29, 1.82) is 0 Å². The van der Waals surface area contributed by atoms with E-state index in [2.05, 4.69) is 20.6 Å². The maximum absolute atomic E-state index is 13.2. The van der Waals surface area contributed by atoms with Gasteiger partial charge in [-0.3, -0.25) is 9.98 Å². The molecule has 7 heteroatoms. The Bertz CT molecular complexity index is 652.